The van der Waals surface area contributed by atoms with Crippen LogP contribution in [0.4, 0.5) is 5.82 Å². The molecule has 0 atom stereocenters. The quantitative estimate of drug-likeness (QED) is 0.867. The Bertz CT molecular complexity index is 665. The Balaban J connectivity index is 1.88. The fourth-order valence-corrected chi connectivity index (χ4v) is 2.65. The molecule has 0 bridgehead atoms. The second kappa shape index (κ2) is 6.48. The standard InChI is InChI=1S/C16H19N5O/c1-2-22-14-8-6-13(7-9-14)21-18-15(12-17)16(19-21)20-10-4-3-5-11-20/h6-9H,2-5,10-11H2,1H3. The van der Waals surface area contributed by atoms with Crippen LogP contribution in [-0.4, -0.2) is 34.7 Å². The van der Waals surface area contributed by atoms with E-state index >= 15 is 0 Å². The van der Waals surface area contributed by atoms with Gasteiger partial charge in [0.1, 0.15) is 11.8 Å². The van der Waals surface area contributed by atoms with Gasteiger partial charge in [0, 0.05) is 13.1 Å². The first-order valence-corrected chi connectivity index (χ1v) is 7.67. The molecular formula is C16H19N5O. The molecule has 6 nitrogen and oxygen atoms in total. The summed E-state index contributed by atoms with van der Waals surface area (Å²) in [5.74, 6) is 1.51. The van der Waals surface area contributed by atoms with Gasteiger partial charge < -0.3 is 9.64 Å². The summed E-state index contributed by atoms with van der Waals surface area (Å²) in [6, 6.07) is 9.71. The van der Waals surface area contributed by atoms with Gasteiger partial charge >= 0.3 is 0 Å². The Morgan fingerprint density at radius 2 is 1.86 bits per heavy atom. The largest absolute Gasteiger partial charge is 0.494 e. The van der Waals surface area contributed by atoms with Gasteiger partial charge in [0.05, 0.1) is 12.3 Å². The zero-order valence-electron chi connectivity index (χ0n) is 12.7. The second-order valence-corrected chi connectivity index (χ2v) is 5.25. The average molecular weight is 297 g/mol. The van der Waals surface area contributed by atoms with Gasteiger partial charge in [0.2, 0.25) is 5.69 Å². The molecule has 114 valence electrons. The highest BCUT2D eigenvalue weighted by molar-refractivity contribution is 5.50. The van der Waals surface area contributed by atoms with Crippen molar-refractivity contribution in [2.24, 2.45) is 0 Å². The normalized spacial score (nSPS) is 14.6. The maximum Gasteiger partial charge on any atom is 0.207 e. The van der Waals surface area contributed by atoms with Gasteiger partial charge in [0.15, 0.2) is 5.82 Å². The number of piperidine rings is 1. The number of anilines is 1. The van der Waals surface area contributed by atoms with E-state index in [1.807, 2.05) is 31.2 Å². The summed E-state index contributed by atoms with van der Waals surface area (Å²) < 4.78 is 5.43. The van der Waals surface area contributed by atoms with Crippen molar-refractivity contribution in [3.63, 3.8) is 0 Å². The molecule has 2 heterocycles. The lowest BCUT2D eigenvalue weighted by Gasteiger charge is -2.26. The number of nitriles is 1. The maximum absolute atomic E-state index is 9.31. The van der Waals surface area contributed by atoms with E-state index in [1.54, 1.807) is 0 Å². The summed E-state index contributed by atoms with van der Waals surface area (Å²) in [6.45, 7) is 4.47. The molecule has 22 heavy (non-hydrogen) atoms. The third-order valence-electron chi connectivity index (χ3n) is 3.74. The Labute approximate surface area is 129 Å². The summed E-state index contributed by atoms with van der Waals surface area (Å²) in [5, 5.41) is 18.1. The number of ether oxygens (including phenoxy) is 1. The highest BCUT2D eigenvalue weighted by Crippen LogP contribution is 2.22. The van der Waals surface area contributed by atoms with E-state index in [9.17, 15) is 5.26 Å². The van der Waals surface area contributed by atoms with Gasteiger partial charge in [-0.05, 0) is 50.5 Å². The van der Waals surface area contributed by atoms with E-state index in [4.69, 9.17) is 4.74 Å². The molecule has 0 radical (unpaired) electrons. The molecule has 3 rings (SSSR count). The molecule has 0 amide bonds. The van der Waals surface area contributed by atoms with Gasteiger partial charge in [-0.2, -0.15) is 5.26 Å². The Hall–Kier alpha value is -2.55. The molecular weight excluding hydrogens is 278 g/mol. The minimum atomic E-state index is 0.385. The smallest absolute Gasteiger partial charge is 0.207 e. The second-order valence-electron chi connectivity index (χ2n) is 5.25. The van der Waals surface area contributed by atoms with Crippen molar-refractivity contribution in [3.05, 3.63) is 30.0 Å². The van der Waals surface area contributed by atoms with E-state index in [-0.39, 0.29) is 0 Å². The zero-order valence-corrected chi connectivity index (χ0v) is 12.7. The fourth-order valence-electron chi connectivity index (χ4n) is 2.65. The lowest BCUT2D eigenvalue weighted by molar-refractivity contribution is 0.340. The van der Waals surface area contributed by atoms with Gasteiger partial charge in [-0.25, -0.2) is 0 Å². The molecule has 0 aliphatic carbocycles. The van der Waals surface area contributed by atoms with Crippen molar-refractivity contribution < 1.29 is 4.74 Å². The molecule has 2 aromatic rings. The number of nitrogens with zero attached hydrogens (tertiary/aromatic N) is 5. The molecule has 1 aromatic heterocycles. The van der Waals surface area contributed by atoms with Crippen LogP contribution in [0.15, 0.2) is 24.3 Å². The molecule has 1 fully saturated rings. The van der Waals surface area contributed by atoms with Crippen LogP contribution in [0.25, 0.3) is 5.69 Å². The van der Waals surface area contributed by atoms with Crippen LogP contribution < -0.4 is 9.64 Å². The Morgan fingerprint density at radius 1 is 1.14 bits per heavy atom. The third kappa shape index (κ3) is 2.89. The molecule has 0 spiro atoms. The molecule has 0 N–H and O–H groups in total. The summed E-state index contributed by atoms with van der Waals surface area (Å²) in [4.78, 5) is 3.68. The highest BCUT2D eigenvalue weighted by atomic mass is 16.5. The first-order chi connectivity index (χ1) is 10.8. The van der Waals surface area contributed by atoms with Crippen LogP contribution in [-0.2, 0) is 0 Å². The van der Waals surface area contributed by atoms with Crippen LogP contribution in [0, 0.1) is 11.3 Å². The number of hydrogen-bond acceptors (Lipinski definition) is 5. The minimum Gasteiger partial charge on any atom is -0.494 e. The van der Waals surface area contributed by atoms with Crippen LogP contribution in [0.3, 0.4) is 0 Å². The summed E-state index contributed by atoms with van der Waals surface area (Å²) in [6.07, 6.45) is 3.52. The van der Waals surface area contributed by atoms with Gasteiger partial charge in [0.25, 0.3) is 0 Å². The number of aromatic nitrogens is 3. The average Bonchev–Trinajstić information content (AvgIpc) is 3.01. The Kier molecular flexibility index (Phi) is 4.24. The number of benzene rings is 1. The number of rotatable bonds is 4. The van der Waals surface area contributed by atoms with Crippen LogP contribution in [0.5, 0.6) is 5.75 Å². The third-order valence-corrected chi connectivity index (χ3v) is 3.74. The van der Waals surface area contributed by atoms with Gasteiger partial charge in [-0.1, -0.05) is 0 Å². The van der Waals surface area contributed by atoms with Crippen molar-refractivity contribution in [3.8, 4) is 17.5 Å². The molecule has 0 unspecified atom stereocenters. The van der Waals surface area contributed by atoms with Crippen LogP contribution in [0.2, 0.25) is 0 Å². The molecule has 1 aliphatic heterocycles. The van der Waals surface area contributed by atoms with Crippen molar-refractivity contribution in [1.82, 2.24) is 15.0 Å². The van der Waals surface area contributed by atoms with Crippen molar-refractivity contribution in [1.29, 1.82) is 5.26 Å². The highest BCUT2D eigenvalue weighted by Gasteiger charge is 2.20. The van der Waals surface area contributed by atoms with Crippen molar-refractivity contribution in [2.45, 2.75) is 26.2 Å². The van der Waals surface area contributed by atoms with Crippen molar-refractivity contribution >= 4 is 5.82 Å². The van der Waals surface area contributed by atoms with E-state index in [2.05, 4.69) is 21.2 Å². The SMILES string of the molecule is CCOc1ccc(-n2nc(C#N)c(N3CCCCC3)n2)cc1. The lowest BCUT2D eigenvalue weighted by atomic mass is 10.1. The predicted molar refractivity (Wildman–Crippen MR) is 83.3 cm³/mol. The maximum atomic E-state index is 9.31. The van der Waals surface area contributed by atoms with E-state index < -0.39 is 0 Å². The zero-order chi connectivity index (χ0) is 15.4. The molecule has 1 aliphatic rings. The van der Waals surface area contributed by atoms with E-state index in [1.165, 1.54) is 11.2 Å². The first kappa shape index (κ1) is 14.4. The van der Waals surface area contributed by atoms with E-state index in [0.29, 0.717) is 18.1 Å². The fraction of sp³-hybridized carbons (Fsp3) is 0.438. The van der Waals surface area contributed by atoms with Crippen LogP contribution >= 0.6 is 0 Å². The lowest BCUT2D eigenvalue weighted by Crippen LogP contribution is -2.30. The minimum absolute atomic E-state index is 0.385. The molecule has 1 aromatic carbocycles. The van der Waals surface area contributed by atoms with Crippen LogP contribution in [0.1, 0.15) is 31.9 Å². The topological polar surface area (TPSA) is 67.0 Å². The Morgan fingerprint density at radius 3 is 2.50 bits per heavy atom. The molecule has 6 heteroatoms. The number of hydrogen-bond donors (Lipinski definition) is 0. The monoisotopic (exact) mass is 297 g/mol. The summed E-state index contributed by atoms with van der Waals surface area (Å²) in [5.41, 5.74) is 1.21. The summed E-state index contributed by atoms with van der Waals surface area (Å²) in [7, 11) is 0. The van der Waals surface area contributed by atoms with Crippen molar-refractivity contribution in [2.75, 3.05) is 24.6 Å². The first-order valence-electron chi connectivity index (χ1n) is 7.67. The predicted octanol–water partition coefficient (Wildman–Crippen LogP) is 2.53. The molecule has 1 saturated heterocycles. The van der Waals surface area contributed by atoms with Gasteiger partial charge in [-0.3, -0.25) is 0 Å². The summed E-state index contributed by atoms with van der Waals surface area (Å²) >= 11 is 0. The molecule has 0 saturated carbocycles. The van der Waals surface area contributed by atoms with Gasteiger partial charge in [-0.15, -0.1) is 15.0 Å². The van der Waals surface area contributed by atoms with E-state index in [0.717, 1.165) is 37.4 Å².